The molecule has 0 spiro atoms. The van der Waals surface area contributed by atoms with E-state index in [0.29, 0.717) is 19.1 Å². The monoisotopic (exact) mass is 203 g/mol. The Morgan fingerprint density at radius 3 is 2.64 bits per heavy atom. The number of aliphatic hydroxyl groups is 1. The number of carbonyl (C=O) groups is 1. The fourth-order valence-corrected chi connectivity index (χ4v) is 1.17. The van der Waals surface area contributed by atoms with Gasteiger partial charge in [0, 0.05) is 0 Å². The summed E-state index contributed by atoms with van der Waals surface area (Å²) in [5.74, 6) is -0.201. The van der Waals surface area contributed by atoms with Crippen LogP contribution in [-0.4, -0.2) is 30.3 Å². The molecule has 0 fully saturated rings. The van der Waals surface area contributed by atoms with Crippen LogP contribution in [0.2, 0.25) is 0 Å². The zero-order valence-electron chi connectivity index (χ0n) is 9.03. The van der Waals surface area contributed by atoms with Gasteiger partial charge in [0.05, 0.1) is 6.61 Å². The highest BCUT2D eigenvalue weighted by atomic mass is 16.5. The second-order valence-electron chi connectivity index (χ2n) is 3.62. The Morgan fingerprint density at radius 2 is 2.14 bits per heavy atom. The molecule has 0 rings (SSSR count). The minimum atomic E-state index is -1.06. The quantitative estimate of drug-likeness (QED) is 0.597. The predicted molar refractivity (Wildman–Crippen MR) is 54.7 cm³/mol. The lowest BCUT2D eigenvalue weighted by molar-refractivity contribution is -0.155. The first-order valence-electron chi connectivity index (χ1n) is 5.16. The van der Waals surface area contributed by atoms with Gasteiger partial charge in [0.25, 0.3) is 0 Å². The highest BCUT2D eigenvalue weighted by Crippen LogP contribution is 2.06. The Kier molecular flexibility index (Phi) is 7.42. The van der Waals surface area contributed by atoms with E-state index in [1.807, 2.05) is 6.92 Å². The van der Waals surface area contributed by atoms with Crippen LogP contribution in [0.5, 0.6) is 0 Å². The third kappa shape index (κ3) is 5.94. The average Bonchev–Trinajstić information content (AvgIpc) is 2.15. The molecular weight excluding hydrogens is 182 g/mol. The molecular formula is C10H21NO3. The van der Waals surface area contributed by atoms with Crippen molar-refractivity contribution in [2.75, 3.05) is 13.2 Å². The number of hydrogen-bond acceptors (Lipinski definition) is 4. The van der Waals surface area contributed by atoms with Crippen LogP contribution < -0.4 is 5.73 Å². The third-order valence-corrected chi connectivity index (χ3v) is 2.00. The van der Waals surface area contributed by atoms with E-state index in [2.05, 4.69) is 6.92 Å². The molecule has 0 radical (unpaired) electrons. The van der Waals surface area contributed by atoms with Crippen molar-refractivity contribution in [1.82, 2.24) is 0 Å². The summed E-state index contributed by atoms with van der Waals surface area (Å²) in [5, 5.41) is 9.21. The minimum absolute atomic E-state index is 0.265. The van der Waals surface area contributed by atoms with Gasteiger partial charge in [-0.05, 0) is 25.3 Å². The molecule has 0 aromatic carbocycles. The van der Waals surface area contributed by atoms with E-state index in [4.69, 9.17) is 10.5 Å². The third-order valence-electron chi connectivity index (χ3n) is 2.00. The standard InChI is InChI=1S/C10H21NO3/c1-3-4-8(2)7-14-10(13)9(12)5-6-11/h8-9,12H,3-7,11H2,1-2H3/t8?,9-/m0/s1. The number of ether oxygens (including phenoxy) is 1. The van der Waals surface area contributed by atoms with Crippen LogP contribution >= 0.6 is 0 Å². The minimum Gasteiger partial charge on any atom is -0.463 e. The molecule has 0 bridgehead atoms. The molecule has 0 amide bonds. The van der Waals surface area contributed by atoms with E-state index in [-0.39, 0.29) is 6.42 Å². The summed E-state index contributed by atoms with van der Waals surface area (Å²) >= 11 is 0. The van der Waals surface area contributed by atoms with Gasteiger partial charge >= 0.3 is 5.97 Å². The summed E-state index contributed by atoms with van der Waals surface area (Å²) in [5.41, 5.74) is 5.20. The van der Waals surface area contributed by atoms with Gasteiger partial charge in [0.15, 0.2) is 6.10 Å². The number of esters is 1. The first kappa shape index (κ1) is 13.4. The molecule has 0 aliphatic carbocycles. The lowest BCUT2D eigenvalue weighted by Crippen LogP contribution is -2.27. The highest BCUT2D eigenvalue weighted by molar-refractivity contribution is 5.74. The molecule has 3 N–H and O–H groups in total. The van der Waals surface area contributed by atoms with Crippen LogP contribution in [0.4, 0.5) is 0 Å². The summed E-state index contributed by atoms with van der Waals surface area (Å²) in [6, 6.07) is 0. The average molecular weight is 203 g/mol. The Hall–Kier alpha value is -0.610. The molecule has 0 aliphatic heterocycles. The fourth-order valence-electron chi connectivity index (χ4n) is 1.17. The van der Waals surface area contributed by atoms with Gasteiger partial charge in [0.1, 0.15) is 0 Å². The van der Waals surface area contributed by atoms with Gasteiger partial charge in [0.2, 0.25) is 0 Å². The first-order valence-corrected chi connectivity index (χ1v) is 5.16. The number of rotatable bonds is 7. The van der Waals surface area contributed by atoms with Crippen LogP contribution in [0.1, 0.15) is 33.1 Å². The normalized spacial score (nSPS) is 14.9. The van der Waals surface area contributed by atoms with Gasteiger partial charge in [-0.1, -0.05) is 20.3 Å². The molecule has 0 aliphatic rings. The van der Waals surface area contributed by atoms with Crippen LogP contribution in [-0.2, 0) is 9.53 Å². The van der Waals surface area contributed by atoms with Crippen molar-refractivity contribution in [3.05, 3.63) is 0 Å². The predicted octanol–water partition coefficient (Wildman–Crippen LogP) is 0.676. The van der Waals surface area contributed by atoms with Crippen LogP contribution in [0.25, 0.3) is 0 Å². The van der Waals surface area contributed by atoms with Crippen LogP contribution in [0.3, 0.4) is 0 Å². The Bertz CT molecular complexity index is 161. The van der Waals surface area contributed by atoms with Gasteiger partial charge in [-0.2, -0.15) is 0 Å². The van der Waals surface area contributed by atoms with Crippen LogP contribution in [0.15, 0.2) is 0 Å². The SMILES string of the molecule is CCCC(C)COC(=O)[C@@H](O)CCN. The number of hydrogen-bond donors (Lipinski definition) is 2. The van der Waals surface area contributed by atoms with E-state index in [9.17, 15) is 9.90 Å². The summed E-state index contributed by atoms with van der Waals surface area (Å²) in [7, 11) is 0. The molecule has 14 heavy (non-hydrogen) atoms. The molecule has 0 saturated carbocycles. The largest absolute Gasteiger partial charge is 0.463 e. The van der Waals surface area contributed by atoms with Crippen molar-refractivity contribution < 1.29 is 14.6 Å². The number of nitrogens with two attached hydrogens (primary N) is 1. The maximum absolute atomic E-state index is 11.1. The van der Waals surface area contributed by atoms with E-state index in [1.165, 1.54) is 0 Å². The second-order valence-corrected chi connectivity index (χ2v) is 3.62. The maximum atomic E-state index is 11.1. The maximum Gasteiger partial charge on any atom is 0.335 e. The van der Waals surface area contributed by atoms with Crippen molar-refractivity contribution in [1.29, 1.82) is 0 Å². The molecule has 0 aromatic heterocycles. The molecule has 0 aromatic rings. The number of aliphatic hydroxyl groups excluding tert-OH is 1. The van der Waals surface area contributed by atoms with Gasteiger partial charge in [-0.15, -0.1) is 0 Å². The Labute approximate surface area is 85.4 Å². The lowest BCUT2D eigenvalue weighted by atomic mass is 10.1. The van der Waals surface area contributed by atoms with Crippen molar-refractivity contribution in [3.63, 3.8) is 0 Å². The summed E-state index contributed by atoms with van der Waals surface area (Å²) in [6.45, 7) is 4.78. The molecule has 1 unspecified atom stereocenters. The first-order chi connectivity index (χ1) is 6.61. The summed E-state index contributed by atoms with van der Waals surface area (Å²) in [6.07, 6.45) is 1.31. The molecule has 4 heteroatoms. The molecule has 2 atom stereocenters. The topological polar surface area (TPSA) is 72.5 Å². The summed E-state index contributed by atoms with van der Waals surface area (Å²) in [4.78, 5) is 11.1. The molecule has 0 heterocycles. The van der Waals surface area contributed by atoms with Gasteiger partial charge in [-0.3, -0.25) is 0 Å². The van der Waals surface area contributed by atoms with Gasteiger partial charge < -0.3 is 15.6 Å². The van der Waals surface area contributed by atoms with Crippen LogP contribution in [0, 0.1) is 5.92 Å². The Balaban J connectivity index is 3.61. The fraction of sp³-hybridized carbons (Fsp3) is 0.900. The van der Waals surface area contributed by atoms with Crippen molar-refractivity contribution in [2.45, 2.75) is 39.2 Å². The molecule has 84 valence electrons. The molecule has 4 nitrogen and oxygen atoms in total. The van der Waals surface area contributed by atoms with Gasteiger partial charge in [-0.25, -0.2) is 4.79 Å². The van der Waals surface area contributed by atoms with Crippen molar-refractivity contribution >= 4 is 5.97 Å². The second kappa shape index (κ2) is 7.76. The number of carbonyl (C=O) groups excluding carboxylic acids is 1. The lowest BCUT2D eigenvalue weighted by Gasteiger charge is -2.13. The zero-order valence-corrected chi connectivity index (χ0v) is 9.03. The van der Waals surface area contributed by atoms with Crippen molar-refractivity contribution in [2.24, 2.45) is 11.7 Å². The van der Waals surface area contributed by atoms with E-state index < -0.39 is 12.1 Å². The smallest absolute Gasteiger partial charge is 0.335 e. The van der Waals surface area contributed by atoms with E-state index in [1.54, 1.807) is 0 Å². The van der Waals surface area contributed by atoms with E-state index in [0.717, 1.165) is 12.8 Å². The Morgan fingerprint density at radius 1 is 1.50 bits per heavy atom. The summed E-state index contributed by atoms with van der Waals surface area (Å²) < 4.78 is 4.93. The highest BCUT2D eigenvalue weighted by Gasteiger charge is 2.16. The van der Waals surface area contributed by atoms with Crippen molar-refractivity contribution in [3.8, 4) is 0 Å². The molecule has 0 saturated heterocycles. The zero-order chi connectivity index (χ0) is 11.0. The van der Waals surface area contributed by atoms with E-state index >= 15 is 0 Å².